The molecule has 0 aromatic carbocycles. The predicted octanol–water partition coefficient (Wildman–Crippen LogP) is 0.872. The van der Waals surface area contributed by atoms with E-state index in [2.05, 4.69) is 4.98 Å². The molecule has 21 heavy (non-hydrogen) atoms. The molecule has 1 saturated carbocycles. The number of rotatable bonds is 2. The molecule has 0 bridgehead atoms. The normalized spacial score (nSPS) is 19.2. The number of amides is 2. The van der Waals surface area contributed by atoms with Gasteiger partial charge in [0.05, 0.1) is 11.8 Å². The summed E-state index contributed by atoms with van der Waals surface area (Å²) in [7, 11) is 0. The highest BCUT2D eigenvalue weighted by Gasteiger charge is 2.32. The molecular weight excluding hydrogens is 270 g/mol. The van der Waals surface area contributed by atoms with Gasteiger partial charge in [0.15, 0.2) is 0 Å². The third kappa shape index (κ3) is 2.84. The molecule has 112 valence electrons. The largest absolute Gasteiger partial charge is 0.506 e. The van der Waals surface area contributed by atoms with Crippen LogP contribution < -0.4 is 0 Å². The van der Waals surface area contributed by atoms with Crippen molar-refractivity contribution in [3.05, 3.63) is 24.0 Å². The second-order valence-corrected chi connectivity index (χ2v) is 5.68. The number of pyridine rings is 1. The van der Waals surface area contributed by atoms with Gasteiger partial charge in [-0.3, -0.25) is 14.6 Å². The summed E-state index contributed by atoms with van der Waals surface area (Å²) in [5, 5.41) is 9.38. The van der Waals surface area contributed by atoms with Gasteiger partial charge in [-0.05, 0) is 18.9 Å². The van der Waals surface area contributed by atoms with Gasteiger partial charge in [-0.15, -0.1) is 0 Å². The van der Waals surface area contributed by atoms with Crippen LogP contribution in [0.2, 0.25) is 0 Å². The summed E-state index contributed by atoms with van der Waals surface area (Å²) < 4.78 is 0. The van der Waals surface area contributed by atoms with Crippen molar-refractivity contribution >= 4 is 11.8 Å². The molecule has 0 radical (unpaired) electrons. The van der Waals surface area contributed by atoms with E-state index in [1.807, 2.05) is 4.90 Å². The number of nitrogens with zero attached hydrogens (tertiary/aromatic N) is 3. The Morgan fingerprint density at radius 3 is 2.33 bits per heavy atom. The average Bonchev–Trinajstić information content (AvgIpc) is 2.45. The van der Waals surface area contributed by atoms with Crippen molar-refractivity contribution in [2.75, 3.05) is 26.2 Å². The molecule has 2 heterocycles. The summed E-state index contributed by atoms with van der Waals surface area (Å²) in [6.07, 6.45) is 5.92. The molecule has 1 saturated heterocycles. The fourth-order valence-electron chi connectivity index (χ4n) is 2.77. The lowest BCUT2D eigenvalue weighted by Crippen LogP contribution is -2.52. The highest BCUT2D eigenvalue weighted by atomic mass is 16.3. The first-order chi connectivity index (χ1) is 10.1. The summed E-state index contributed by atoms with van der Waals surface area (Å²) in [6.45, 7) is 2.25. The van der Waals surface area contributed by atoms with Crippen LogP contribution in [-0.4, -0.2) is 57.9 Å². The van der Waals surface area contributed by atoms with Crippen molar-refractivity contribution in [3.63, 3.8) is 0 Å². The summed E-state index contributed by atoms with van der Waals surface area (Å²) >= 11 is 0. The minimum Gasteiger partial charge on any atom is -0.506 e. The molecular formula is C15H19N3O3. The van der Waals surface area contributed by atoms with E-state index >= 15 is 0 Å². The molecule has 6 heteroatoms. The maximum Gasteiger partial charge on any atom is 0.255 e. The SMILES string of the molecule is O=C(c1cncc(O)c1)N1CCN(C(=O)C2CCC2)CC1. The smallest absolute Gasteiger partial charge is 0.255 e. The summed E-state index contributed by atoms with van der Waals surface area (Å²) in [5.74, 6) is 0.295. The molecule has 3 rings (SSSR count). The van der Waals surface area contributed by atoms with Crippen molar-refractivity contribution < 1.29 is 14.7 Å². The van der Waals surface area contributed by atoms with Gasteiger partial charge in [0.1, 0.15) is 5.75 Å². The first-order valence-electron chi connectivity index (χ1n) is 7.37. The van der Waals surface area contributed by atoms with Crippen molar-refractivity contribution in [3.8, 4) is 5.75 Å². The Hall–Kier alpha value is -2.11. The standard InChI is InChI=1S/C15H19N3O3/c19-13-8-12(9-16-10-13)15(21)18-6-4-17(5-7-18)14(20)11-2-1-3-11/h8-11,19H,1-7H2. The van der Waals surface area contributed by atoms with Gasteiger partial charge in [-0.1, -0.05) is 6.42 Å². The molecule has 2 aliphatic rings. The fourth-order valence-corrected chi connectivity index (χ4v) is 2.77. The number of hydrogen-bond acceptors (Lipinski definition) is 4. The Labute approximate surface area is 123 Å². The lowest BCUT2D eigenvalue weighted by molar-refractivity contribution is -0.139. The minimum absolute atomic E-state index is 0.0142. The molecule has 1 aromatic heterocycles. The molecule has 1 N–H and O–H groups in total. The molecule has 1 aliphatic heterocycles. The number of carbonyl (C=O) groups is 2. The van der Waals surface area contributed by atoms with Gasteiger partial charge in [0.2, 0.25) is 5.91 Å². The Morgan fingerprint density at radius 2 is 1.76 bits per heavy atom. The average molecular weight is 289 g/mol. The third-order valence-electron chi connectivity index (χ3n) is 4.30. The summed E-state index contributed by atoms with van der Waals surface area (Å²) in [4.78, 5) is 31.9. The number of aromatic hydroxyl groups is 1. The first-order valence-corrected chi connectivity index (χ1v) is 7.37. The Balaban J connectivity index is 1.57. The predicted molar refractivity (Wildman–Crippen MR) is 75.7 cm³/mol. The molecule has 1 aromatic rings. The molecule has 2 amide bonds. The van der Waals surface area contributed by atoms with Crippen LogP contribution in [0.1, 0.15) is 29.6 Å². The highest BCUT2D eigenvalue weighted by Crippen LogP contribution is 2.28. The summed E-state index contributed by atoms with van der Waals surface area (Å²) in [6, 6.07) is 1.42. The van der Waals surface area contributed by atoms with Crippen LogP contribution in [0.25, 0.3) is 0 Å². The number of piperazine rings is 1. The van der Waals surface area contributed by atoms with E-state index < -0.39 is 0 Å². The topological polar surface area (TPSA) is 73.7 Å². The second kappa shape index (κ2) is 5.71. The Bertz CT molecular complexity index is 549. The van der Waals surface area contributed by atoms with Crippen LogP contribution in [0, 0.1) is 5.92 Å². The van der Waals surface area contributed by atoms with Gasteiger partial charge >= 0.3 is 0 Å². The fraction of sp³-hybridized carbons (Fsp3) is 0.533. The quantitative estimate of drug-likeness (QED) is 0.877. The zero-order chi connectivity index (χ0) is 14.8. The third-order valence-corrected chi connectivity index (χ3v) is 4.30. The molecule has 0 spiro atoms. The zero-order valence-electron chi connectivity index (χ0n) is 11.9. The maximum atomic E-state index is 12.3. The molecule has 2 fully saturated rings. The lowest BCUT2D eigenvalue weighted by Gasteiger charge is -2.38. The van der Waals surface area contributed by atoms with Crippen molar-refractivity contribution in [1.82, 2.24) is 14.8 Å². The number of hydrogen-bond donors (Lipinski definition) is 1. The highest BCUT2D eigenvalue weighted by molar-refractivity contribution is 5.94. The first kappa shape index (κ1) is 13.9. The lowest BCUT2D eigenvalue weighted by atomic mass is 9.84. The van der Waals surface area contributed by atoms with E-state index in [4.69, 9.17) is 0 Å². The van der Waals surface area contributed by atoms with E-state index in [9.17, 15) is 14.7 Å². The van der Waals surface area contributed by atoms with Crippen LogP contribution in [0.3, 0.4) is 0 Å². The maximum absolute atomic E-state index is 12.3. The minimum atomic E-state index is -0.144. The number of carbonyl (C=O) groups excluding carboxylic acids is 2. The second-order valence-electron chi connectivity index (χ2n) is 5.68. The molecule has 1 aliphatic carbocycles. The van der Waals surface area contributed by atoms with E-state index in [1.54, 1.807) is 4.90 Å². The van der Waals surface area contributed by atoms with E-state index in [0.717, 1.165) is 19.3 Å². The van der Waals surface area contributed by atoms with Crippen molar-refractivity contribution in [2.24, 2.45) is 5.92 Å². The van der Waals surface area contributed by atoms with E-state index in [0.29, 0.717) is 31.7 Å². The van der Waals surface area contributed by atoms with Crippen molar-refractivity contribution in [1.29, 1.82) is 0 Å². The Kier molecular flexibility index (Phi) is 3.77. The molecule has 0 unspecified atom stereocenters. The van der Waals surface area contributed by atoms with E-state index in [1.165, 1.54) is 18.5 Å². The van der Waals surface area contributed by atoms with Crippen LogP contribution in [-0.2, 0) is 4.79 Å². The van der Waals surface area contributed by atoms with Gasteiger partial charge in [0, 0.05) is 38.3 Å². The summed E-state index contributed by atoms with van der Waals surface area (Å²) in [5.41, 5.74) is 0.383. The van der Waals surface area contributed by atoms with E-state index in [-0.39, 0.29) is 23.5 Å². The zero-order valence-corrected chi connectivity index (χ0v) is 11.9. The number of aromatic nitrogens is 1. The molecule has 0 atom stereocenters. The monoisotopic (exact) mass is 289 g/mol. The van der Waals surface area contributed by atoms with Crippen molar-refractivity contribution in [2.45, 2.75) is 19.3 Å². The molecule has 6 nitrogen and oxygen atoms in total. The van der Waals surface area contributed by atoms with Gasteiger partial charge in [-0.2, -0.15) is 0 Å². The van der Waals surface area contributed by atoms with Gasteiger partial charge in [0.25, 0.3) is 5.91 Å². The van der Waals surface area contributed by atoms with Crippen LogP contribution in [0.15, 0.2) is 18.5 Å². The van der Waals surface area contributed by atoms with Crippen LogP contribution >= 0.6 is 0 Å². The van der Waals surface area contributed by atoms with Crippen LogP contribution in [0.5, 0.6) is 5.75 Å². The van der Waals surface area contributed by atoms with Gasteiger partial charge in [-0.25, -0.2) is 0 Å². The van der Waals surface area contributed by atoms with Gasteiger partial charge < -0.3 is 14.9 Å². The Morgan fingerprint density at radius 1 is 1.10 bits per heavy atom. The van der Waals surface area contributed by atoms with Crippen LogP contribution in [0.4, 0.5) is 0 Å².